The Morgan fingerprint density at radius 3 is 1.97 bits per heavy atom. The standard InChI is InChI=1S/C31H24N2/c1-20-17-18-26-29-28(20)24-15-9-10-16-25(24)30-32-21(2)27(33(29)30)19-31(26,22-11-5-3-6-12-22)23-13-7-4-8-14-23/h3-18H,19H2,1-2H3. The molecule has 2 heteroatoms. The number of hydrogen-bond donors (Lipinski definition) is 0. The number of benzene rings is 4. The number of fused-ring (bicyclic) bond motifs is 3. The lowest BCUT2D eigenvalue weighted by atomic mass is 9.64. The molecule has 0 spiro atoms. The van der Waals surface area contributed by atoms with Crippen LogP contribution in [0.15, 0.2) is 97.1 Å². The molecule has 6 aromatic rings. The van der Waals surface area contributed by atoms with Crippen LogP contribution in [-0.2, 0) is 11.8 Å². The molecule has 4 aromatic carbocycles. The SMILES string of the molecule is Cc1nc2c3ccccc3c3c(C)ccc4c3n2c1CC4(c1ccccc1)c1ccccc1. The molecule has 0 radical (unpaired) electrons. The Morgan fingerprint density at radius 1 is 0.697 bits per heavy atom. The third-order valence-corrected chi connectivity index (χ3v) is 7.65. The molecule has 1 aliphatic rings. The van der Waals surface area contributed by atoms with E-state index in [4.69, 9.17) is 4.98 Å². The first-order valence-corrected chi connectivity index (χ1v) is 11.6. The average Bonchev–Trinajstić information content (AvgIpc) is 3.21. The van der Waals surface area contributed by atoms with Gasteiger partial charge in [0.05, 0.1) is 16.6 Å². The number of nitrogens with zero attached hydrogens (tertiary/aromatic N) is 2. The molecule has 0 bridgehead atoms. The molecule has 3 heterocycles. The van der Waals surface area contributed by atoms with E-state index in [1.165, 1.54) is 49.6 Å². The van der Waals surface area contributed by atoms with Gasteiger partial charge in [-0.05, 0) is 41.5 Å². The first-order chi connectivity index (χ1) is 16.2. The number of pyridine rings is 1. The van der Waals surface area contributed by atoms with Crippen molar-refractivity contribution >= 4 is 27.3 Å². The topological polar surface area (TPSA) is 17.3 Å². The number of rotatable bonds is 2. The van der Waals surface area contributed by atoms with Crippen molar-refractivity contribution < 1.29 is 0 Å². The maximum atomic E-state index is 5.14. The Balaban J connectivity index is 1.78. The van der Waals surface area contributed by atoms with Crippen molar-refractivity contribution in [2.24, 2.45) is 0 Å². The smallest absolute Gasteiger partial charge is 0.145 e. The van der Waals surface area contributed by atoms with E-state index in [0.29, 0.717) is 0 Å². The second kappa shape index (κ2) is 6.55. The monoisotopic (exact) mass is 424 g/mol. The van der Waals surface area contributed by atoms with Crippen LogP contribution in [0, 0.1) is 13.8 Å². The van der Waals surface area contributed by atoms with E-state index in [1.807, 2.05) is 0 Å². The van der Waals surface area contributed by atoms with Gasteiger partial charge in [-0.1, -0.05) is 97.1 Å². The van der Waals surface area contributed by atoms with Gasteiger partial charge >= 0.3 is 0 Å². The molecular weight excluding hydrogens is 400 g/mol. The van der Waals surface area contributed by atoms with E-state index in [9.17, 15) is 0 Å². The van der Waals surface area contributed by atoms with Crippen LogP contribution < -0.4 is 0 Å². The Labute approximate surface area is 193 Å². The fraction of sp³-hybridized carbons (Fsp3) is 0.129. The van der Waals surface area contributed by atoms with Crippen LogP contribution in [0.2, 0.25) is 0 Å². The van der Waals surface area contributed by atoms with Crippen LogP contribution in [0.5, 0.6) is 0 Å². The van der Waals surface area contributed by atoms with Gasteiger partial charge in [0, 0.05) is 22.9 Å². The molecule has 33 heavy (non-hydrogen) atoms. The lowest BCUT2D eigenvalue weighted by Gasteiger charge is -2.40. The van der Waals surface area contributed by atoms with Gasteiger partial charge in [0.15, 0.2) is 0 Å². The third-order valence-electron chi connectivity index (χ3n) is 7.65. The molecule has 0 saturated carbocycles. The fourth-order valence-corrected chi connectivity index (χ4v) is 6.17. The maximum Gasteiger partial charge on any atom is 0.145 e. The van der Waals surface area contributed by atoms with E-state index in [2.05, 4.69) is 115 Å². The predicted molar refractivity (Wildman–Crippen MR) is 136 cm³/mol. The minimum atomic E-state index is -0.273. The average molecular weight is 425 g/mol. The first-order valence-electron chi connectivity index (χ1n) is 11.6. The summed E-state index contributed by atoms with van der Waals surface area (Å²) in [5.41, 5.74) is 9.87. The number of imidazole rings is 1. The molecule has 2 aromatic heterocycles. The van der Waals surface area contributed by atoms with Crippen molar-refractivity contribution in [2.75, 3.05) is 0 Å². The summed E-state index contributed by atoms with van der Waals surface area (Å²) in [5, 5.41) is 3.85. The Hall–Kier alpha value is -3.91. The minimum Gasteiger partial charge on any atom is -0.295 e. The van der Waals surface area contributed by atoms with Gasteiger partial charge in [0.1, 0.15) is 5.65 Å². The Morgan fingerprint density at radius 2 is 1.30 bits per heavy atom. The van der Waals surface area contributed by atoms with Crippen LogP contribution in [0.25, 0.3) is 27.3 Å². The molecule has 7 rings (SSSR count). The van der Waals surface area contributed by atoms with Crippen LogP contribution in [-0.4, -0.2) is 9.38 Å². The molecule has 0 N–H and O–H groups in total. The molecule has 2 nitrogen and oxygen atoms in total. The van der Waals surface area contributed by atoms with Gasteiger partial charge < -0.3 is 0 Å². The highest BCUT2D eigenvalue weighted by molar-refractivity contribution is 6.14. The molecule has 0 unspecified atom stereocenters. The molecule has 0 saturated heterocycles. The summed E-state index contributed by atoms with van der Waals surface area (Å²) < 4.78 is 2.46. The lowest BCUT2D eigenvalue weighted by Crippen LogP contribution is -2.36. The number of aromatic nitrogens is 2. The summed E-state index contributed by atoms with van der Waals surface area (Å²) >= 11 is 0. The molecule has 0 aliphatic carbocycles. The van der Waals surface area contributed by atoms with E-state index < -0.39 is 0 Å². The van der Waals surface area contributed by atoms with Crippen molar-refractivity contribution in [2.45, 2.75) is 25.7 Å². The van der Waals surface area contributed by atoms with Gasteiger partial charge in [0.25, 0.3) is 0 Å². The molecule has 1 aliphatic heterocycles. The number of hydrogen-bond acceptors (Lipinski definition) is 1. The zero-order valence-corrected chi connectivity index (χ0v) is 18.8. The van der Waals surface area contributed by atoms with Crippen molar-refractivity contribution in [3.05, 3.63) is 131 Å². The highest BCUT2D eigenvalue weighted by atomic mass is 15.0. The molecule has 0 amide bonds. The van der Waals surface area contributed by atoms with Gasteiger partial charge in [-0.2, -0.15) is 0 Å². The van der Waals surface area contributed by atoms with Crippen LogP contribution in [0.4, 0.5) is 0 Å². The second-order valence-electron chi connectivity index (χ2n) is 9.32. The zero-order chi connectivity index (χ0) is 22.2. The summed E-state index contributed by atoms with van der Waals surface area (Å²) in [6.07, 6.45) is 0.886. The second-order valence-corrected chi connectivity index (χ2v) is 9.32. The summed E-state index contributed by atoms with van der Waals surface area (Å²) in [7, 11) is 0. The van der Waals surface area contributed by atoms with Crippen molar-refractivity contribution in [3.63, 3.8) is 0 Å². The third kappa shape index (κ3) is 2.30. The normalized spacial score (nSPS) is 14.5. The van der Waals surface area contributed by atoms with Gasteiger partial charge in [0.2, 0.25) is 0 Å². The van der Waals surface area contributed by atoms with Crippen molar-refractivity contribution in [1.82, 2.24) is 9.38 Å². The molecule has 0 fully saturated rings. The minimum absolute atomic E-state index is 0.273. The molecular formula is C31H24N2. The van der Waals surface area contributed by atoms with E-state index >= 15 is 0 Å². The van der Waals surface area contributed by atoms with Crippen LogP contribution >= 0.6 is 0 Å². The fourth-order valence-electron chi connectivity index (χ4n) is 6.17. The summed E-state index contributed by atoms with van der Waals surface area (Å²) in [6, 6.07) is 35.5. The van der Waals surface area contributed by atoms with E-state index in [0.717, 1.165) is 17.8 Å². The highest BCUT2D eigenvalue weighted by Crippen LogP contribution is 2.50. The van der Waals surface area contributed by atoms with Gasteiger partial charge in [-0.15, -0.1) is 0 Å². The number of aryl methyl sites for hydroxylation is 2. The molecule has 158 valence electrons. The highest BCUT2D eigenvalue weighted by Gasteiger charge is 2.43. The largest absolute Gasteiger partial charge is 0.295 e. The Bertz CT molecular complexity index is 1650. The maximum absolute atomic E-state index is 5.14. The first kappa shape index (κ1) is 18.6. The van der Waals surface area contributed by atoms with Gasteiger partial charge in [-0.25, -0.2) is 4.98 Å². The lowest BCUT2D eigenvalue weighted by molar-refractivity contribution is 0.588. The van der Waals surface area contributed by atoms with Crippen LogP contribution in [0.3, 0.4) is 0 Å². The summed E-state index contributed by atoms with van der Waals surface area (Å²) in [5.74, 6) is 0. The predicted octanol–water partition coefficient (Wildman–Crippen LogP) is 7.15. The van der Waals surface area contributed by atoms with Crippen LogP contribution in [0.1, 0.15) is 33.6 Å². The van der Waals surface area contributed by atoms with E-state index in [1.54, 1.807) is 0 Å². The zero-order valence-electron chi connectivity index (χ0n) is 18.8. The van der Waals surface area contributed by atoms with Crippen molar-refractivity contribution in [1.29, 1.82) is 0 Å². The van der Waals surface area contributed by atoms with E-state index in [-0.39, 0.29) is 5.41 Å². The summed E-state index contributed by atoms with van der Waals surface area (Å²) in [6.45, 7) is 4.41. The Kier molecular flexibility index (Phi) is 3.70. The molecule has 0 atom stereocenters. The quantitative estimate of drug-likeness (QED) is 0.270. The summed E-state index contributed by atoms with van der Waals surface area (Å²) in [4.78, 5) is 5.14. The van der Waals surface area contributed by atoms with Crippen molar-refractivity contribution in [3.8, 4) is 0 Å². The van der Waals surface area contributed by atoms with Gasteiger partial charge in [-0.3, -0.25) is 4.40 Å².